The molecular weight excluding hydrogens is 284 g/mol. The summed E-state index contributed by atoms with van der Waals surface area (Å²) in [5.41, 5.74) is 1.77. The molecule has 1 unspecified atom stereocenters. The molecule has 0 fully saturated rings. The molecule has 0 aliphatic carbocycles. The van der Waals surface area contributed by atoms with Crippen LogP contribution in [0, 0.1) is 13.8 Å². The first-order valence-corrected chi connectivity index (χ1v) is 7.11. The van der Waals surface area contributed by atoms with Crippen LogP contribution >= 0.6 is 11.8 Å². The first-order chi connectivity index (χ1) is 9.45. The summed E-state index contributed by atoms with van der Waals surface area (Å²) >= 11 is 1.37. The molecule has 7 nitrogen and oxygen atoms in total. The van der Waals surface area contributed by atoms with Crippen molar-refractivity contribution in [2.45, 2.75) is 25.6 Å². The number of methoxy groups -OCH3 is 1. The maximum absolute atomic E-state index is 11.6. The van der Waals surface area contributed by atoms with Crippen molar-refractivity contribution in [2.24, 2.45) is 0 Å². The van der Waals surface area contributed by atoms with Gasteiger partial charge in [0.25, 0.3) is 0 Å². The van der Waals surface area contributed by atoms with Gasteiger partial charge >= 0.3 is 5.97 Å². The van der Waals surface area contributed by atoms with Gasteiger partial charge in [0, 0.05) is 18.4 Å². The van der Waals surface area contributed by atoms with E-state index in [-0.39, 0.29) is 18.3 Å². The molecule has 0 aromatic carbocycles. The number of rotatable bonds is 8. The lowest BCUT2D eigenvalue weighted by Gasteiger charge is -2.13. The second-order valence-corrected chi connectivity index (χ2v) is 5.19. The first-order valence-electron chi connectivity index (χ1n) is 5.96. The van der Waals surface area contributed by atoms with Crippen molar-refractivity contribution in [3.63, 3.8) is 0 Å². The van der Waals surface area contributed by atoms with E-state index in [1.165, 1.54) is 18.9 Å². The van der Waals surface area contributed by atoms with Gasteiger partial charge in [-0.25, -0.2) is 4.79 Å². The van der Waals surface area contributed by atoms with Crippen LogP contribution in [-0.2, 0) is 20.1 Å². The number of carboxylic acids is 1. The van der Waals surface area contributed by atoms with Gasteiger partial charge in [0.1, 0.15) is 5.76 Å². The molecule has 1 aromatic rings. The summed E-state index contributed by atoms with van der Waals surface area (Å²) in [6, 6.07) is -1.02. The number of hydrogen-bond donors (Lipinski definition) is 2. The van der Waals surface area contributed by atoms with Crippen molar-refractivity contribution >= 4 is 23.6 Å². The van der Waals surface area contributed by atoms with Crippen LogP contribution in [0.25, 0.3) is 0 Å². The molecule has 2 N–H and O–H groups in total. The predicted octanol–water partition coefficient (Wildman–Crippen LogP) is 0.740. The zero-order valence-electron chi connectivity index (χ0n) is 11.6. The molecule has 0 aliphatic heterocycles. The molecule has 0 spiro atoms. The topological polar surface area (TPSA) is 102 Å². The molecule has 1 aromatic heterocycles. The summed E-state index contributed by atoms with van der Waals surface area (Å²) in [5.74, 6) is 0.0362. The largest absolute Gasteiger partial charge is 0.480 e. The van der Waals surface area contributed by atoms with Gasteiger partial charge < -0.3 is 19.7 Å². The maximum atomic E-state index is 11.6. The molecule has 0 bridgehead atoms. The Morgan fingerprint density at radius 2 is 2.20 bits per heavy atom. The minimum atomic E-state index is -1.11. The highest BCUT2D eigenvalue weighted by Gasteiger charge is 2.19. The van der Waals surface area contributed by atoms with Gasteiger partial charge in [-0.05, 0) is 13.8 Å². The van der Waals surface area contributed by atoms with E-state index in [2.05, 4.69) is 10.5 Å². The van der Waals surface area contributed by atoms with Crippen molar-refractivity contribution in [1.29, 1.82) is 0 Å². The smallest absolute Gasteiger partial charge is 0.328 e. The lowest BCUT2D eigenvalue weighted by Crippen LogP contribution is -2.44. The second-order valence-electron chi connectivity index (χ2n) is 4.21. The van der Waals surface area contributed by atoms with Crippen molar-refractivity contribution in [2.75, 3.05) is 19.5 Å². The summed E-state index contributed by atoms with van der Waals surface area (Å²) < 4.78 is 9.76. The Morgan fingerprint density at radius 1 is 1.50 bits per heavy atom. The zero-order chi connectivity index (χ0) is 15.1. The minimum absolute atomic E-state index is 0.0599. The van der Waals surface area contributed by atoms with E-state index in [0.717, 1.165) is 17.0 Å². The molecule has 20 heavy (non-hydrogen) atoms. The number of aromatic nitrogens is 1. The minimum Gasteiger partial charge on any atom is -0.480 e. The van der Waals surface area contributed by atoms with Crippen LogP contribution in [0.2, 0.25) is 0 Å². The number of carbonyl (C=O) groups excluding carboxylic acids is 1. The van der Waals surface area contributed by atoms with Crippen molar-refractivity contribution in [3.05, 3.63) is 17.0 Å². The molecule has 0 radical (unpaired) electrons. The van der Waals surface area contributed by atoms with Crippen molar-refractivity contribution in [3.8, 4) is 0 Å². The molecule has 1 rings (SSSR count). The van der Waals surface area contributed by atoms with Gasteiger partial charge in [-0.1, -0.05) is 5.16 Å². The normalized spacial score (nSPS) is 12.2. The van der Waals surface area contributed by atoms with E-state index < -0.39 is 12.0 Å². The van der Waals surface area contributed by atoms with E-state index in [1.807, 2.05) is 13.8 Å². The number of hydrogen-bond acceptors (Lipinski definition) is 6. The summed E-state index contributed by atoms with van der Waals surface area (Å²) in [6.45, 7) is 3.59. The highest BCUT2D eigenvalue weighted by atomic mass is 32.2. The fraction of sp³-hybridized carbons (Fsp3) is 0.583. The van der Waals surface area contributed by atoms with E-state index in [0.29, 0.717) is 5.75 Å². The Labute approximate surface area is 121 Å². The van der Waals surface area contributed by atoms with Crippen LogP contribution in [0.1, 0.15) is 17.0 Å². The fourth-order valence-corrected chi connectivity index (χ4v) is 2.52. The molecule has 0 saturated carbocycles. The third-order valence-corrected chi connectivity index (χ3v) is 3.59. The Bertz CT molecular complexity index is 455. The summed E-state index contributed by atoms with van der Waals surface area (Å²) in [7, 11) is 1.38. The van der Waals surface area contributed by atoms with Gasteiger partial charge in [0.15, 0.2) is 6.04 Å². The molecule has 0 aliphatic rings. The molecular formula is C12H18N2O5S. The average Bonchev–Trinajstić information content (AvgIpc) is 2.69. The number of ether oxygens (including phenoxy) is 1. The number of amides is 1. The number of carbonyl (C=O) groups is 2. The number of carboxylic acid groups (broad SMARTS) is 1. The van der Waals surface area contributed by atoms with Crippen molar-refractivity contribution < 1.29 is 24.0 Å². The number of nitrogens with zero attached hydrogens (tertiary/aromatic N) is 1. The van der Waals surface area contributed by atoms with Crippen LogP contribution in [0.3, 0.4) is 0 Å². The van der Waals surface area contributed by atoms with E-state index in [1.54, 1.807) is 0 Å². The highest BCUT2D eigenvalue weighted by molar-refractivity contribution is 7.99. The molecule has 8 heteroatoms. The summed E-state index contributed by atoms with van der Waals surface area (Å²) in [6.07, 6.45) is 0. The number of nitrogens with one attached hydrogen (secondary N) is 1. The zero-order valence-corrected chi connectivity index (χ0v) is 12.5. The number of aryl methyl sites for hydroxylation is 2. The number of thioether (sulfide) groups is 1. The maximum Gasteiger partial charge on any atom is 0.328 e. The van der Waals surface area contributed by atoms with E-state index in [9.17, 15) is 9.59 Å². The quantitative estimate of drug-likeness (QED) is 0.730. The van der Waals surface area contributed by atoms with Crippen LogP contribution < -0.4 is 5.32 Å². The molecule has 112 valence electrons. The fourth-order valence-electron chi connectivity index (χ4n) is 1.53. The molecule has 0 saturated heterocycles. The first kappa shape index (κ1) is 16.5. The summed E-state index contributed by atoms with van der Waals surface area (Å²) in [4.78, 5) is 22.5. The lowest BCUT2D eigenvalue weighted by atomic mass is 10.2. The van der Waals surface area contributed by atoms with Crippen LogP contribution in [0.5, 0.6) is 0 Å². The van der Waals surface area contributed by atoms with E-state index >= 15 is 0 Å². The van der Waals surface area contributed by atoms with Crippen molar-refractivity contribution in [1.82, 2.24) is 10.5 Å². The molecule has 1 amide bonds. The van der Waals surface area contributed by atoms with Crippen LogP contribution in [0.15, 0.2) is 4.52 Å². The van der Waals surface area contributed by atoms with Crippen LogP contribution in [0.4, 0.5) is 0 Å². The monoisotopic (exact) mass is 302 g/mol. The third-order valence-electron chi connectivity index (χ3n) is 2.63. The lowest BCUT2D eigenvalue weighted by molar-refractivity contribution is -0.142. The highest BCUT2D eigenvalue weighted by Crippen LogP contribution is 2.19. The van der Waals surface area contributed by atoms with Gasteiger partial charge in [-0.2, -0.15) is 0 Å². The average molecular weight is 302 g/mol. The van der Waals surface area contributed by atoms with Gasteiger partial charge in [-0.15, -0.1) is 11.8 Å². The van der Waals surface area contributed by atoms with E-state index in [4.69, 9.17) is 14.4 Å². The third kappa shape index (κ3) is 4.86. The van der Waals surface area contributed by atoms with Gasteiger partial charge in [0.2, 0.25) is 5.91 Å². The molecule has 1 atom stereocenters. The molecule has 1 heterocycles. The Balaban J connectivity index is 2.38. The predicted molar refractivity (Wildman–Crippen MR) is 73.6 cm³/mol. The SMILES string of the molecule is COCC(NC(=O)CSCc1c(C)noc1C)C(=O)O. The Morgan fingerprint density at radius 3 is 2.70 bits per heavy atom. The van der Waals surface area contributed by atoms with Gasteiger partial charge in [-0.3, -0.25) is 4.79 Å². The van der Waals surface area contributed by atoms with Crippen LogP contribution in [-0.4, -0.2) is 47.7 Å². The Kier molecular flexibility index (Phi) is 6.53. The summed E-state index contributed by atoms with van der Waals surface area (Å²) in [5, 5.41) is 15.1. The second kappa shape index (κ2) is 7.91. The standard InChI is InChI=1S/C12H18N2O5S/c1-7-9(8(2)19-14-7)5-20-6-11(15)13-10(4-18-3)12(16)17/h10H,4-6H2,1-3H3,(H,13,15)(H,16,17). The van der Waals surface area contributed by atoms with Gasteiger partial charge in [0.05, 0.1) is 18.1 Å². The Hall–Kier alpha value is -1.54. The number of aliphatic carboxylic acids is 1.